The van der Waals surface area contributed by atoms with Gasteiger partial charge in [-0.3, -0.25) is 0 Å². The highest BCUT2D eigenvalue weighted by Gasteiger charge is 2.36. The van der Waals surface area contributed by atoms with Gasteiger partial charge in [0.1, 0.15) is 11.3 Å². The Bertz CT molecular complexity index is 3450. The smallest absolute Gasteiger partial charge is 0.135 e. The predicted octanol–water partition coefficient (Wildman–Crippen LogP) is 16.7. The molecule has 0 aliphatic heterocycles. The molecule has 11 rings (SSSR count). The van der Waals surface area contributed by atoms with Crippen LogP contribution >= 0.6 is 0 Å². The average molecular weight is 769 g/mol. The lowest BCUT2D eigenvalue weighted by molar-refractivity contribution is 0.578. The molecule has 1 aliphatic rings. The van der Waals surface area contributed by atoms with Crippen molar-refractivity contribution in [1.82, 2.24) is 0 Å². The molecule has 0 fully saturated rings. The van der Waals surface area contributed by atoms with Gasteiger partial charge in [0.25, 0.3) is 0 Å². The van der Waals surface area contributed by atoms with Crippen LogP contribution in [0.15, 0.2) is 175 Å². The van der Waals surface area contributed by atoms with E-state index in [1.54, 1.807) is 0 Å². The van der Waals surface area contributed by atoms with Gasteiger partial charge in [0.05, 0.1) is 0 Å². The minimum atomic E-state index is -0.111. The van der Waals surface area contributed by atoms with Crippen LogP contribution in [0.1, 0.15) is 59.9 Å². The van der Waals surface area contributed by atoms with Gasteiger partial charge in [-0.05, 0) is 166 Å². The summed E-state index contributed by atoms with van der Waals surface area (Å²) in [6.07, 6.45) is 6.16. The van der Waals surface area contributed by atoms with Crippen LogP contribution in [0.5, 0.6) is 0 Å². The Balaban J connectivity index is 1.00. The third-order valence-electron chi connectivity index (χ3n) is 13.2. The SMILES string of the molecule is C=Cc1ccccc1C(=C)c1c2ccccc2c(-c2ccc3cc(-c4ccc5c(c4)-c4cc6cc7oc(C)c(/C=C\C)c7cc6cc4C5(C)C)ccc3c2)c2ccccc12. The van der Waals surface area contributed by atoms with Crippen molar-refractivity contribution in [2.45, 2.75) is 33.1 Å². The predicted molar refractivity (Wildman–Crippen MR) is 259 cm³/mol. The van der Waals surface area contributed by atoms with E-state index < -0.39 is 0 Å². The van der Waals surface area contributed by atoms with Crippen molar-refractivity contribution in [3.8, 4) is 33.4 Å². The van der Waals surface area contributed by atoms with Gasteiger partial charge in [0.2, 0.25) is 0 Å². The minimum Gasteiger partial charge on any atom is -0.461 e. The monoisotopic (exact) mass is 768 g/mol. The van der Waals surface area contributed by atoms with E-state index >= 15 is 0 Å². The van der Waals surface area contributed by atoms with Crippen molar-refractivity contribution >= 4 is 71.8 Å². The van der Waals surface area contributed by atoms with Crippen molar-refractivity contribution in [2.75, 3.05) is 0 Å². The summed E-state index contributed by atoms with van der Waals surface area (Å²) in [6, 6.07) is 56.3. The lowest BCUT2D eigenvalue weighted by Crippen LogP contribution is -2.14. The van der Waals surface area contributed by atoms with Crippen LogP contribution in [0.25, 0.3) is 105 Å². The number of rotatable bonds is 6. The second kappa shape index (κ2) is 13.4. The third kappa shape index (κ3) is 5.32. The molecule has 10 aromatic rings. The van der Waals surface area contributed by atoms with E-state index in [-0.39, 0.29) is 5.41 Å². The fraction of sp³-hybridized carbons (Fsp3) is 0.0847. The molecule has 60 heavy (non-hydrogen) atoms. The molecule has 0 unspecified atom stereocenters. The second-order valence-corrected chi connectivity index (χ2v) is 16.9. The van der Waals surface area contributed by atoms with Gasteiger partial charge in [0.15, 0.2) is 0 Å². The van der Waals surface area contributed by atoms with E-state index in [1.807, 2.05) is 6.08 Å². The molecule has 0 amide bonds. The molecule has 0 radical (unpaired) electrons. The topological polar surface area (TPSA) is 13.1 Å². The maximum absolute atomic E-state index is 6.25. The van der Waals surface area contributed by atoms with Crippen molar-refractivity contribution in [1.29, 1.82) is 0 Å². The molecule has 1 nitrogen and oxygen atoms in total. The van der Waals surface area contributed by atoms with E-state index in [0.29, 0.717) is 0 Å². The fourth-order valence-electron chi connectivity index (χ4n) is 10.2. The van der Waals surface area contributed by atoms with E-state index in [9.17, 15) is 0 Å². The highest BCUT2D eigenvalue weighted by molar-refractivity contribution is 6.20. The van der Waals surface area contributed by atoms with Crippen LogP contribution in [0.4, 0.5) is 0 Å². The Labute approximate surface area is 351 Å². The maximum Gasteiger partial charge on any atom is 0.135 e. The van der Waals surface area contributed by atoms with E-state index in [0.717, 1.165) is 28.0 Å². The lowest BCUT2D eigenvalue weighted by atomic mass is 9.81. The Morgan fingerprint density at radius 2 is 1.17 bits per heavy atom. The second-order valence-electron chi connectivity index (χ2n) is 16.9. The van der Waals surface area contributed by atoms with Crippen LogP contribution < -0.4 is 0 Å². The molecular formula is C59H44O. The first kappa shape index (κ1) is 35.9. The number of hydrogen-bond donors (Lipinski definition) is 0. The zero-order valence-corrected chi connectivity index (χ0v) is 34.5. The summed E-state index contributed by atoms with van der Waals surface area (Å²) in [5, 5.41) is 10.9. The number of aryl methyl sites for hydroxylation is 1. The first-order valence-electron chi connectivity index (χ1n) is 20.9. The Morgan fingerprint density at radius 3 is 1.88 bits per heavy atom. The standard InChI is InChI=1S/C59H44O/c1-7-15-46-36(4)60-56-34-44-31-52-51-30-41(26-27-54(51)59(5,6)55(52)33-43(44)32-53(46)56)39-22-23-40-29-42(25-24-38(40)28-39)58-49-20-13-11-18-47(49)57(48-19-12-14-21-50(48)58)35(3)45-17-10-9-16-37(45)8-2/h7-34H,2-3H2,1,4-6H3/b15-7-. The molecule has 9 aromatic carbocycles. The van der Waals surface area contributed by atoms with E-state index in [2.05, 4.69) is 198 Å². The van der Waals surface area contributed by atoms with Crippen LogP contribution in [-0.4, -0.2) is 0 Å². The molecule has 1 aromatic heterocycles. The first-order valence-corrected chi connectivity index (χ1v) is 20.9. The Hall–Kier alpha value is -7.22. The Kier molecular flexibility index (Phi) is 8.03. The van der Waals surface area contributed by atoms with Crippen LogP contribution in [0, 0.1) is 6.92 Å². The third-order valence-corrected chi connectivity index (χ3v) is 13.2. The van der Waals surface area contributed by atoms with Crippen LogP contribution in [0.3, 0.4) is 0 Å². The summed E-state index contributed by atoms with van der Waals surface area (Å²) >= 11 is 0. The normalized spacial score (nSPS) is 13.2. The van der Waals surface area contributed by atoms with E-state index in [4.69, 9.17) is 11.0 Å². The zero-order chi connectivity index (χ0) is 40.9. The first-order chi connectivity index (χ1) is 29.2. The molecule has 0 N–H and O–H groups in total. The van der Waals surface area contributed by atoms with Gasteiger partial charge in [0, 0.05) is 16.4 Å². The molecule has 0 spiro atoms. The zero-order valence-electron chi connectivity index (χ0n) is 34.5. The number of fused-ring (bicyclic) bond motifs is 8. The van der Waals surface area contributed by atoms with Gasteiger partial charge in [-0.25, -0.2) is 0 Å². The number of allylic oxidation sites excluding steroid dienone is 1. The summed E-state index contributed by atoms with van der Waals surface area (Å²) in [5.74, 6) is 0.956. The molecule has 1 heteroatoms. The highest BCUT2D eigenvalue weighted by Crippen LogP contribution is 2.51. The molecular weight excluding hydrogens is 725 g/mol. The van der Waals surface area contributed by atoms with Crippen molar-refractivity contribution in [2.24, 2.45) is 0 Å². The number of hydrogen-bond acceptors (Lipinski definition) is 1. The van der Waals surface area contributed by atoms with Gasteiger partial charge in [-0.1, -0.05) is 154 Å². The van der Waals surface area contributed by atoms with Crippen molar-refractivity contribution < 1.29 is 4.42 Å². The molecule has 286 valence electrons. The maximum atomic E-state index is 6.25. The van der Waals surface area contributed by atoms with Crippen molar-refractivity contribution in [3.05, 3.63) is 210 Å². The number of benzene rings is 9. The van der Waals surface area contributed by atoms with Crippen molar-refractivity contribution in [3.63, 3.8) is 0 Å². The fourth-order valence-corrected chi connectivity index (χ4v) is 10.2. The Morgan fingerprint density at radius 1 is 0.567 bits per heavy atom. The van der Waals surface area contributed by atoms with Gasteiger partial charge in [-0.2, -0.15) is 0 Å². The highest BCUT2D eigenvalue weighted by atomic mass is 16.3. The molecule has 1 heterocycles. The largest absolute Gasteiger partial charge is 0.461 e. The van der Waals surface area contributed by atoms with Crippen LogP contribution in [0.2, 0.25) is 0 Å². The molecule has 1 aliphatic carbocycles. The van der Waals surface area contributed by atoms with Crippen LogP contribution in [-0.2, 0) is 5.41 Å². The van der Waals surface area contributed by atoms with Gasteiger partial charge < -0.3 is 4.42 Å². The lowest BCUT2D eigenvalue weighted by Gasteiger charge is -2.22. The minimum absolute atomic E-state index is 0.111. The summed E-state index contributed by atoms with van der Waals surface area (Å²) in [4.78, 5) is 0. The molecule has 0 bridgehead atoms. The summed E-state index contributed by atoms with van der Waals surface area (Å²) < 4.78 is 6.25. The molecule has 0 saturated carbocycles. The molecule has 0 saturated heterocycles. The van der Waals surface area contributed by atoms with E-state index in [1.165, 1.54) is 104 Å². The quantitative estimate of drug-likeness (QED) is 0.154. The number of furan rings is 1. The average Bonchev–Trinajstić information content (AvgIpc) is 3.69. The summed E-state index contributed by atoms with van der Waals surface area (Å²) in [5.41, 5.74) is 16.6. The van der Waals surface area contributed by atoms with Gasteiger partial charge >= 0.3 is 0 Å². The molecule has 0 atom stereocenters. The summed E-state index contributed by atoms with van der Waals surface area (Å²) in [6.45, 7) is 17.6. The summed E-state index contributed by atoms with van der Waals surface area (Å²) in [7, 11) is 0. The van der Waals surface area contributed by atoms with Gasteiger partial charge in [-0.15, -0.1) is 0 Å².